The van der Waals surface area contributed by atoms with Crippen LogP contribution in [0.15, 0.2) is 66.7 Å². The number of aryl methyl sites for hydroxylation is 2. The van der Waals surface area contributed by atoms with Gasteiger partial charge < -0.3 is 15.1 Å². The summed E-state index contributed by atoms with van der Waals surface area (Å²) in [5.41, 5.74) is 4.50. The summed E-state index contributed by atoms with van der Waals surface area (Å²) in [7, 11) is 0. The van der Waals surface area contributed by atoms with Crippen LogP contribution in [0.25, 0.3) is 0 Å². The summed E-state index contributed by atoms with van der Waals surface area (Å²) in [6.07, 6.45) is 2.12. The molecule has 0 fully saturated rings. The molecule has 1 atom stereocenters. The van der Waals surface area contributed by atoms with Crippen molar-refractivity contribution in [3.63, 3.8) is 0 Å². The number of aromatic hydroxyl groups is 1. The largest absolute Gasteiger partial charge is 0.508 e. The van der Waals surface area contributed by atoms with E-state index in [1.54, 1.807) is 24.0 Å². The van der Waals surface area contributed by atoms with Gasteiger partial charge in [0.25, 0.3) is 5.91 Å². The van der Waals surface area contributed by atoms with Gasteiger partial charge in [-0.05, 0) is 73.6 Å². The van der Waals surface area contributed by atoms with Crippen LogP contribution in [0.2, 0.25) is 0 Å². The summed E-state index contributed by atoms with van der Waals surface area (Å²) in [5.74, 6) is -0.0738. The number of benzene rings is 3. The number of carbonyl (C=O) groups excluding carboxylic acids is 1. The van der Waals surface area contributed by atoms with Crippen molar-refractivity contribution < 1.29 is 15.0 Å². The third-order valence-corrected chi connectivity index (χ3v) is 6.32. The van der Waals surface area contributed by atoms with Gasteiger partial charge in [0.1, 0.15) is 5.75 Å². The van der Waals surface area contributed by atoms with Gasteiger partial charge in [-0.25, -0.2) is 0 Å². The van der Waals surface area contributed by atoms with E-state index in [1.807, 2.05) is 36.4 Å². The number of aliphatic hydroxyl groups is 1. The van der Waals surface area contributed by atoms with E-state index in [9.17, 15) is 15.0 Å². The molecule has 160 valence electrons. The van der Waals surface area contributed by atoms with Crippen molar-refractivity contribution in [2.45, 2.75) is 51.8 Å². The highest BCUT2D eigenvalue weighted by Gasteiger charge is 2.29. The summed E-state index contributed by atoms with van der Waals surface area (Å²) in [5, 5.41) is 21.6. The molecule has 3 aromatic carbocycles. The van der Waals surface area contributed by atoms with Gasteiger partial charge in [-0.3, -0.25) is 4.79 Å². The predicted octanol–water partition coefficient (Wildman–Crippen LogP) is 5.09. The monoisotopic (exact) mass is 415 g/mol. The summed E-state index contributed by atoms with van der Waals surface area (Å²) < 4.78 is 0. The van der Waals surface area contributed by atoms with Gasteiger partial charge in [-0.15, -0.1) is 0 Å². The Labute approximate surface area is 183 Å². The molecule has 4 rings (SSSR count). The van der Waals surface area contributed by atoms with Gasteiger partial charge in [0, 0.05) is 24.2 Å². The average molecular weight is 416 g/mol. The molecule has 31 heavy (non-hydrogen) atoms. The second kappa shape index (κ2) is 8.56. The van der Waals surface area contributed by atoms with Gasteiger partial charge in [0.05, 0.1) is 5.60 Å². The molecule has 1 aliphatic heterocycles. The number of nitrogens with zero attached hydrogens (tertiary/aromatic N) is 1. The fraction of sp³-hybridized carbons (Fsp3) is 0.296. The number of hydrogen-bond acceptors (Lipinski definition) is 3. The Balaban J connectivity index is 1.48. The number of hydrogen-bond donors (Lipinski definition) is 2. The van der Waals surface area contributed by atoms with E-state index in [0.29, 0.717) is 30.6 Å². The SMILES string of the molecule is Cc1ccccc1CCCC(C)(O)c1cc(C(=O)N2Cc3ccccc3C2)ccc1O. The second-order valence-electron chi connectivity index (χ2n) is 8.72. The Morgan fingerprint density at radius 2 is 1.65 bits per heavy atom. The molecule has 2 N–H and O–H groups in total. The third kappa shape index (κ3) is 4.49. The lowest BCUT2D eigenvalue weighted by Gasteiger charge is -2.26. The van der Waals surface area contributed by atoms with E-state index in [1.165, 1.54) is 17.2 Å². The molecule has 0 radical (unpaired) electrons. The van der Waals surface area contributed by atoms with Crippen LogP contribution in [-0.2, 0) is 25.1 Å². The normalized spacial score (nSPS) is 14.9. The predicted molar refractivity (Wildman–Crippen MR) is 122 cm³/mol. The zero-order chi connectivity index (χ0) is 22.0. The number of phenols is 1. The second-order valence-corrected chi connectivity index (χ2v) is 8.72. The van der Waals surface area contributed by atoms with Crippen LogP contribution in [0, 0.1) is 6.92 Å². The van der Waals surface area contributed by atoms with Crippen molar-refractivity contribution in [2.24, 2.45) is 0 Å². The Kier molecular flexibility index (Phi) is 5.84. The van der Waals surface area contributed by atoms with Crippen LogP contribution in [-0.4, -0.2) is 21.0 Å². The highest BCUT2D eigenvalue weighted by atomic mass is 16.3. The first-order chi connectivity index (χ1) is 14.8. The molecule has 0 saturated carbocycles. The maximum atomic E-state index is 13.1. The maximum Gasteiger partial charge on any atom is 0.254 e. The van der Waals surface area contributed by atoms with Crippen molar-refractivity contribution in [2.75, 3.05) is 0 Å². The minimum absolute atomic E-state index is 0.0159. The van der Waals surface area contributed by atoms with Crippen LogP contribution in [0.3, 0.4) is 0 Å². The Bertz CT molecular complexity index is 1080. The lowest BCUT2D eigenvalue weighted by Crippen LogP contribution is -2.27. The van der Waals surface area contributed by atoms with Gasteiger partial charge in [-0.2, -0.15) is 0 Å². The lowest BCUT2D eigenvalue weighted by atomic mass is 9.87. The quantitative estimate of drug-likeness (QED) is 0.590. The Hall–Kier alpha value is -3.11. The van der Waals surface area contributed by atoms with Crippen molar-refractivity contribution in [1.29, 1.82) is 0 Å². The standard InChI is InChI=1S/C27H29NO3/c1-19-8-3-4-9-20(19)12-7-15-27(2,31)24-16-21(13-14-25(24)29)26(30)28-17-22-10-5-6-11-23(22)18-28/h3-6,8-11,13-14,16,29,31H,7,12,15,17-18H2,1-2H3. The summed E-state index contributed by atoms with van der Waals surface area (Å²) in [6, 6.07) is 21.1. The summed E-state index contributed by atoms with van der Waals surface area (Å²) >= 11 is 0. The van der Waals surface area contributed by atoms with Crippen molar-refractivity contribution in [3.8, 4) is 5.75 Å². The van der Waals surface area contributed by atoms with E-state index in [0.717, 1.165) is 24.0 Å². The highest BCUT2D eigenvalue weighted by Crippen LogP contribution is 2.35. The van der Waals surface area contributed by atoms with Gasteiger partial charge in [0.2, 0.25) is 0 Å². The molecule has 0 aromatic heterocycles. The fourth-order valence-electron chi connectivity index (χ4n) is 4.41. The number of fused-ring (bicyclic) bond motifs is 1. The number of rotatable bonds is 6. The molecule has 0 bridgehead atoms. The van der Waals surface area contributed by atoms with Crippen LogP contribution in [0.4, 0.5) is 0 Å². The highest BCUT2D eigenvalue weighted by molar-refractivity contribution is 5.95. The van der Waals surface area contributed by atoms with E-state index >= 15 is 0 Å². The first-order valence-electron chi connectivity index (χ1n) is 10.8. The van der Waals surface area contributed by atoms with Gasteiger partial charge in [0.15, 0.2) is 0 Å². The molecule has 0 aliphatic carbocycles. The van der Waals surface area contributed by atoms with Crippen molar-refractivity contribution >= 4 is 5.91 Å². The molecule has 0 saturated heterocycles. The maximum absolute atomic E-state index is 13.1. The van der Waals surface area contributed by atoms with E-state index in [2.05, 4.69) is 19.1 Å². The zero-order valence-electron chi connectivity index (χ0n) is 18.1. The molecular weight excluding hydrogens is 386 g/mol. The number of amides is 1. The van der Waals surface area contributed by atoms with Crippen LogP contribution >= 0.6 is 0 Å². The minimum Gasteiger partial charge on any atom is -0.508 e. The van der Waals surface area contributed by atoms with Crippen molar-refractivity contribution in [3.05, 3.63) is 100 Å². The average Bonchev–Trinajstić information content (AvgIpc) is 3.19. The number of carbonyl (C=O) groups is 1. The molecule has 1 amide bonds. The van der Waals surface area contributed by atoms with E-state index in [-0.39, 0.29) is 11.7 Å². The van der Waals surface area contributed by atoms with Gasteiger partial charge in [-0.1, -0.05) is 48.5 Å². The molecule has 1 heterocycles. The van der Waals surface area contributed by atoms with E-state index < -0.39 is 5.60 Å². The molecule has 4 heteroatoms. The minimum atomic E-state index is -1.23. The third-order valence-electron chi connectivity index (χ3n) is 6.32. The smallest absolute Gasteiger partial charge is 0.254 e. The van der Waals surface area contributed by atoms with E-state index in [4.69, 9.17) is 0 Å². The molecule has 4 nitrogen and oxygen atoms in total. The lowest BCUT2D eigenvalue weighted by molar-refractivity contribution is 0.0431. The first-order valence-corrected chi connectivity index (χ1v) is 10.8. The molecule has 3 aromatic rings. The molecular formula is C27H29NO3. The Morgan fingerprint density at radius 1 is 1.00 bits per heavy atom. The van der Waals surface area contributed by atoms with Crippen LogP contribution in [0.1, 0.15) is 57.9 Å². The number of phenolic OH excluding ortho intramolecular Hbond substituents is 1. The van der Waals surface area contributed by atoms with Crippen LogP contribution < -0.4 is 0 Å². The summed E-state index contributed by atoms with van der Waals surface area (Å²) in [6.45, 7) is 4.96. The summed E-state index contributed by atoms with van der Waals surface area (Å²) in [4.78, 5) is 14.9. The fourth-order valence-corrected chi connectivity index (χ4v) is 4.41. The molecule has 1 aliphatic rings. The van der Waals surface area contributed by atoms with Gasteiger partial charge >= 0.3 is 0 Å². The molecule has 0 spiro atoms. The topological polar surface area (TPSA) is 60.8 Å². The molecule has 1 unspecified atom stereocenters. The Morgan fingerprint density at radius 3 is 2.32 bits per heavy atom. The van der Waals surface area contributed by atoms with Crippen molar-refractivity contribution in [1.82, 2.24) is 4.90 Å². The zero-order valence-corrected chi connectivity index (χ0v) is 18.1. The first kappa shape index (κ1) is 21.1. The van der Waals surface area contributed by atoms with Crippen LogP contribution in [0.5, 0.6) is 5.75 Å².